The highest BCUT2D eigenvalue weighted by molar-refractivity contribution is 7.81. The second kappa shape index (κ2) is 7.35. The lowest BCUT2D eigenvalue weighted by Crippen LogP contribution is -2.53. The van der Waals surface area contributed by atoms with E-state index in [1.165, 1.54) is 0 Å². The molecule has 0 aromatic carbocycles. The summed E-state index contributed by atoms with van der Waals surface area (Å²) in [6.45, 7) is 22.8. The Kier molecular flexibility index (Phi) is 6.95. The number of aliphatic hydroxyl groups excluding tert-OH is 1. The molecule has 1 N–H and O–H groups in total. The maximum atomic E-state index is 9.89. The molecule has 0 unspecified atom stereocenters. The molecule has 4 atom stereocenters. The van der Waals surface area contributed by atoms with Crippen LogP contribution in [0, 0.1) is 5.92 Å². The Morgan fingerprint density at radius 3 is 1.58 bits per heavy atom. The first-order chi connectivity index (χ1) is 10.5. The number of thiol groups is 1. The van der Waals surface area contributed by atoms with Crippen LogP contribution in [0.3, 0.4) is 0 Å². The second-order valence-corrected chi connectivity index (χ2v) is 20.6. The van der Waals surface area contributed by atoms with Crippen molar-refractivity contribution in [2.75, 3.05) is 6.61 Å². The van der Waals surface area contributed by atoms with E-state index in [1.54, 1.807) is 0 Å². The lowest BCUT2D eigenvalue weighted by atomic mass is 10.1. The van der Waals surface area contributed by atoms with Gasteiger partial charge in [0.2, 0.25) is 0 Å². The van der Waals surface area contributed by atoms with E-state index in [-0.39, 0.29) is 40.1 Å². The molecule has 1 rings (SSSR count). The van der Waals surface area contributed by atoms with Gasteiger partial charge in [0.1, 0.15) is 0 Å². The summed E-state index contributed by atoms with van der Waals surface area (Å²) >= 11 is 4.81. The minimum absolute atomic E-state index is 0.0273. The third-order valence-corrected chi connectivity index (χ3v) is 15.9. The SMILES string of the molecule is CC(C)(C)[Si](C)(C)O[C@@H]1[C@@H](O[Si](C)(C)C(C)(C)C)[C@@H](CO)C[C@H]1S. The van der Waals surface area contributed by atoms with E-state index in [0.29, 0.717) is 0 Å². The highest BCUT2D eigenvalue weighted by Crippen LogP contribution is 2.45. The minimum atomic E-state index is -1.93. The average Bonchev–Trinajstić information content (AvgIpc) is 2.63. The van der Waals surface area contributed by atoms with Crippen molar-refractivity contribution in [3.8, 4) is 0 Å². The van der Waals surface area contributed by atoms with Gasteiger partial charge in [-0.05, 0) is 42.7 Å². The monoisotopic (exact) mass is 392 g/mol. The van der Waals surface area contributed by atoms with Crippen molar-refractivity contribution in [3.63, 3.8) is 0 Å². The van der Waals surface area contributed by atoms with Gasteiger partial charge < -0.3 is 14.0 Å². The van der Waals surface area contributed by atoms with Gasteiger partial charge in [-0.2, -0.15) is 12.6 Å². The van der Waals surface area contributed by atoms with Gasteiger partial charge in [0.25, 0.3) is 0 Å². The van der Waals surface area contributed by atoms with Crippen molar-refractivity contribution in [2.45, 2.75) is 102 Å². The Hall–Kier alpha value is 0.664. The summed E-state index contributed by atoms with van der Waals surface area (Å²) in [4.78, 5) is 0. The van der Waals surface area contributed by atoms with Crippen molar-refractivity contribution in [3.05, 3.63) is 0 Å². The standard InChI is InChI=1S/C18H40O3SSi2/c1-17(2,3)23(7,8)20-15-13(12-19)11-14(22)16(15)21-24(9,10)18(4,5)6/h13-16,19,22H,11-12H2,1-10H3/t13-,14-,15+,16+/m1/s1. The van der Waals surface area contributed by atoms with Crippen LogP contribution >= 0.6 is 12.6 Å². The highest BCUT2D eigenvalue weighted by Gasteiger charge is 2.51. The fourth-order valence-electron chi connectivity index (χ4n) is 2.59. The Balaban J connectivity index is 3.08. The zero-order valence-corrected chi connectivity index (χ0v) is 20.3. The van der Waals surface area contributed by atoms with E-state index < -0.39 is 16.6 Å². The lowest BCUT2D eigenvalue weighted by Gasteiger charge is -2.44. The zero-order valence-electron chi connectivity index (χ0n) is 17.4. The molecule has 1 saturated carbocycles. The molecule has 0 bridgehead atoms. The summed E-state index contributed by atoms with van der Waals surface area (Å²) < 4.78 is 13.5. The first kappa shape index (κ1) is 22.7. The molecule has 6 heteroatoms. The first-order valence-corrected chi connectivity index (χ1v) is 15.5. The van der Waals surface area contributed by atoms with Crippen LogP contribution in [0.15, 0.2) is 0 Å². The van der Waals surface area contributed by atoms with Crippen LogP contribution in [0.2, 0.25) is 36.3 Å². The molecule has 144 valence electrons. The molecule has 0 heterocycles. The largest absolute Gasteiger partial charge is 0.411 e. The molecule has 0 amide bonds. The van der Waals surface area contributed by atoms with Gasteiger partial charge in [-0.1, -0.05) is 41.5 Å². The molecule has 0 aliphatic heterocycles. The molecular weight excluding hydrogens is 352 g/mol. The van der Waals surface area contributed by atoms with Crippen LogP contribution in [0.5, 0.6) is 0 Å². The molecule has 1 fully saturated rings. The topological polar surface area (TPSA) is 38.7 Å². The minimum Gasteiger partial charge on any atom is -0.411 e. The quantitative estimate of drug-likeness (QED) is 0.506. The first-order valence-electron chi connectivity index (χ1n) is 9.18. The lowest BCUT2D eigenvalue weighted by molar-refractivity contribution is 0.0222. The predicted molar refractivity (Wildman–Crippen MR) is 112 cm³/mol. The highest BCUT2D eigenvalue weighted by atomic mass is 32.1. The number of rotatable bonds is 5. The van der Waals surface area contributed by atoms with Crippen molar-refractivity contribution >= 4 is 29.3 Å². The molecule has 3 nitrogen and oxygen atoms in total. The third kappa shape index (κ3) is 4.88. The third-order valence-electron chi connectivity index (χ3n) is 6.42. The van der Waals surface area contributed by atoms with Crippen LogP contribution in [0.1, 0.15) is 48.0 Å². The van der Waals surface area contributed by atoms with Crippen molar-refractivity contribution in [1.82, 2.24) is 0 Å². The van der Waals surface area contributed by atoms with Crippen LogP contribution < -0.4 is 0 Å². The van der Waals surface area contributed by atoms with Gasteiger partial charge in [-0.25, -0.2) is 0 Å². The van der Waals surface area contributed by atoms with E-state index >= 15 is 0 Å². The fourth-order valence-corrected chi connectivity index (χ4v) is 5.90. The van der Waals surface area contributed by atoms with E-state index in [0.717, 1.165) is 6.42 Å². The summed E-state index contributed by atoms with van der Waals surface area (Å²) in [5.41, 5.74) is 0. The molecule has 1 aliphatic rings. The fraction of sp³-hybridized carbons (Fsp3) is 1.00. The summed E-state index contributed by atoms with van der Waals surface area (Å²) in [6, 6.07) is 0. The molecule has 24 heavy (non-hydrogen) atoms. The molecule has 0 radical (unpaired) electrons. The van der Waals surface area contributed by atoms with Gasteiger partial charge in [0.05, 0.1) is 12.2 Å². The van der Waals surface area contributed by atoms with Crippen LogP contribution in [0.4, 0.5) is 0 Å². The van der Waals surface area contributed by atoms with E-state index in [1.807, 2.05) is 0 Å². The summed E-state index contributed by atoms with van der Waals surface area (Å²) in [5.74, 6) is 0.122. The predicted octanol–water partition coefficient (Wildman–Crippen LogP) is 5.08. The van der Waals surface area contributed by atoms with E-state index in [4.69, 9.17) is 21.5 Å². The normalized spacial score (nSPS) is 30.0. The molecule has 0 aromatic rings. The Morgan fingerprint density at radius 2 is 1.25 bits per heavy atom. The average molecular weight is 393 g/mol. The number of aliphatic hydroxyl groups is 1. The Bertz CT molecular complexity index is 427. The molecule has 0 saturated heterocycles. The van der Waals surface area contributed by atoms with Gasteiger partial charge >= 0.3 is 0 Å². The van der Waals surface area contributed by atoms with Gasteiger partial charge in [0.15, 0.2) is 16.6 Å². The van der Waals surface area contributed by atoms with Crippen molar-refractivity contribution in [1.29, 1.82) is 0 Å². The Morgan fingerprint density at radius 1 is 0.875 bits per heavy atom. The van der Waals surface area contributed by atoms with Gasteiger partial charge in [-0.3, -0.25) is 0 Å². The maximum Gasteiger partial charge on any atom is 0.192 e. The van der Waals surface area contributed by atoms with Crippen LogP contribution in [-0.4, -0.2) is 45.8 Å². The summed E-state index contributed by atoms with van der Waals surface area (Å²) in [5, 5.41) is 10.3. The van der Waals surface area contributed by atoms with E-state index in [9.17, 15) is 5.11 Å². The van der Waals surface area contributed by atoms with Crippen LogP contribution in [0.25, 0.3) is 0 Å². The second-order valence-electron chi connectivity index (χ2n) is 10.4. The Labute approximate surface area is 157 Å². The molecule has 0 spiro atoms. The van der Waals surface area contributed by atoms with Gasteiger partial charge in [0, 0.05) is 17.8 Å². The molecule has 0 aromatic heterocycles. The van der Waals surface area contributed by atoms with E-state index in [2.05, 4.69) is 67.7 Å². The van der Waals surface area contributed by atoms with Crippen molar-refractivity contribution < 1.29 is 14.0 Å². The zero-order chi connectivity index (χ0) is 19.1. The maximum absolute atomic E-state index is 9.89. The summed E-state index contributed by atoms with van der Waals surface area (Å²) in [7, 11) is -3.84. The number of hydrogen-bond acceptors (Lipinski definition) is 4. The van der Waals surface area contributed by atoms with Crippen molar-refractivity contribution in [2.24, 2.45) is 5.92 Å². The number of hydrogen-bond donors (Lipinski definition) is 2. The molecule has 1 aliphatic carbocycles. The smallest absolute Gasteiger partial charge is 0.192 e. The van der Waals surface area contributed by atoms with Gasteiger partial charge in [-0.15, -0.1) is 0 Å². The van der Waals surface area contributed by atoms with Crippen LogP contribution in [-0.2, 0) is 8.85 Å². The molecular formula is C18H40O3SSi2. The summed E-state index contributed by atoms with van der Waals surface area (Å²) in [6.07, 6.45) is 0.783.